The van der Waals surface area contributed by atoms with Crippen LogP contribution in [0.4, 0.5) is 4.39 Å². The lowest BCUT2D eigenvalue weighted by Crippen LogP contribution is -2.21. The molecule has 0 amide bonds. The Hall–Kier alpha value is -0.610. The molecule has 0 saturated carbocycles. The van der Waals surface area contributed by atoms with Crippen molar-refractivity contribution >= 4 is 39.1 Å². The van der Waals surface area contributed by atoms with Crippen LogP contribution in [0, 0.1) is 5.82 Å². The summed E-state index contributed by atoms with van der Waals surface area (Å²) in [5.74, 6) is -0.220. The molecule has 0 aliphatic rings. The molecule has 1 nitrogen and oxygen atoms in total. The van der Waals surface area contributed by atoms with E-state index in [1.54, 1.807) is 18.2 Å². The molecule has 2 aromatic carbocycles. The van der Waals surface area contributed by atoms with Crippen LogP contribution in [0.15, 0.2) is 40.9 Å². The molecule has 1 N–H and O–H groups in total. The minimum atomic E-state index is -0.220. The molecule has 0 fully saturated rings. The van der Waals surface area contributed by atoms with Gasteiger partial charge in [0.05, 0.1) is 0 Å². The van der Waals surface area contributed by atoms with Crippen molar-refractivity contribution in [3.8, 4) is 0 Å². The van der Waals surface area contributed by atoms with E-state index in [-0.39, 0.29) is 11.9 Å². The van der Waals surface area contributed by atoms with E-state index in [2.05, 4.69) is 28.2 Å². The molecule has 0 heterocycles. The Morgan fingerprint density at radius 2 is 1.95 bits per heavy atom. The predicted molar refractivity (Wildman–Crippen MR) is 90.4 cm³/mol. The van der Waals surface area contributed by atoms with Crippen LogP contribution in [0.1, 0.15) is 30.5 Å². The first-order valence-corrected chi connectivity index (χ1v) is 8.18. The normalized spacial score (nSPS) is 12.4. The van der Waals surface area contributed by atoms with Crippen LogP contribution >= 0.6 is 39.1 Å². The van der Waals surface area contributed by atoms with Crippen LogP contribution in [0.3, 0.4) is 0 Å². The molecular weight excluding hydrogens is 376 g/mol. The summed E-state index contributed by atoms with van der Waals surface area (Å²) < 4.78 is 14.6. The zero-order chi connectivity index (χ0) is 15.4. The topological polar surface area (TPSA) is 12.0 Å². The van der Waals surface area contributed by atoms with E-state index in [0.717, 1.165) is 16.5 Å². The fourth-order valence-electron chi connectivity index (χ4n) is 2.17. The molecule has 0 aliphatic carbocycles. The summed E-state index contributed by atoms with van der Waals surface area (Å²) in [5, 5.41) is 4.57. The highest BCUT2D eigenvalue weighted by atomic mass is 79.9. The molecule has 112 valence electrons. The van der Waals surface area contributed by atoms with Crippen LogP contribution in [-0.2, 0) is 6.54 Å². The Labute approximate surface area is 142 Å². The Morgan fingerprint density at radius 1 is 1.19 bits per heavy atom. The molecule has 0 saturated heterocycles. The van der Waals surface area contributed by atoms with Gasteiger partial charge in [0.1, 0.15) is 5.82 Å². The van der Waals surface area contributed by atoms with Gasteiger partial charge in [-0.25, -0.2) is 4.39 Å². The summed E-state index contributed by atoms with van der Waals surface area (Å²) >= 11 is 15.5. The molecule has 0 aliphatic heterocycles. The standard InChI is InChI=1S/C16H15BrCl2FN/c1-2-16(13-5-4-12(18)8-14(13)19)21-9-10-7-11(17)3-6-15(10)20/h3-8,16,21H,2,9H2,1H3. The Kier molecular flexibility index (Phi) is 6.06. The second kappa shape index (κ2) is 7.59. The van der Waals surface area contributed by atoms with Crippen molar-refractivity contribution in [2.45, 2.75) is 25.9 Å². The van der Waals surface area contributed by atoms with Crippen molar-refractivity contribution in [2.75, 3.05) is 0 Å². The third-order valence-corrected chi connectivity index (χ3v) is 4.35. The fraction of sp³-hybridized carbons (Fsp3) is 0.250. The third-order valence-electron chi connectivity index (χ3n) is 3.29. The third kappa shape index (κ3) is 4.43. The second-order valence-electron chi connectivity index (χ2n) is 4.74. The van der Waals surface area contributed by atoms with E-state index >= 15 is 0 Å². The summed E-state index contributed by atoms with van der Waals surface area (Å²) in [7, 11) is 0. The lowest BCUT2D eigenvalue weighted by molar-refractivity contribution is 0.504. The molecule has 0 spiro atoms. The number of rotatable bonds is 5. The molecule has 0 aromatic heterocycles. The number of benzene rings is 2. The van der Waals surface area contributed by atoms with Crippen LogP contribution in [0.25, 0.3) is 0 Å². The minimum absolute atomic E-state index is 0.0492. The van der Waals surface area contributed by atoms with E-state index in [1.165, 1.54) is 6.07 Å². The molecule has 2 rings (SSSR count). The maximum absolute atomic E-state index is 13.8. The van der Waals surface area contributed by atoms with Crippen molar-refractivity contribution in [3.05, 3.63) is 67.9 Å². The summed E-state index contributed by atoms with van der Waals surface area (Å²) in [4.78, 5) is 0. The van der Waals surface area contributed by atoms with E-state index in [4.69, 9.17) is 23.2 Å². The molecular formula is C16H15BrCl2FN. The summed E-state index contributed by atoms with van der Waals surface area (Å²) in [5.41, 5.74) is 1.59. The summed E-state index contributed by atoms with van der Waals surface area (Å²) in [6.07, 6.45) is 0.844. The Bertz CT molecular complexity index is 634. The molecule has 2 aromatic rings. The molecule has 5 heteroatoms. The lowest BCUT2D eigenvalue weighted by Gasteiger charge is -2.19. The van der Waals surface area contributed by atoms with Gasteiger partial charge >= 0.3 is 0 Å². The highest BCUT2D eigenvalue weighted by Gasteiger charge is 2.14. The lowest BCUT2D eigenvalue weighted by atomic mass is 10.0. The smallest absolute Gasteiger partial charge is 0.127 e. The molecule has 1 unspecified atom stereocenters. The number of hydrogen-bond donors (Lipinski definition) is 1. The van der Waals surface area contributed by atoms with Crippen molar-refractivity contribution < 1.29 is 4.39 Å². The fourth-order valence-corrected chi connectivity index (χ4v) is 3.12. The SMILES string of the molecule is CCC(NCc1cc(Br)ccc1F)c1ccc(Cl)cc1Cl. The summed E-state index contributed by atoms with van der Waals surface area (Å²) in [6.45, 7) is 2.49. The van der Waals surface area contributed by atoms with E-state index in [1.807, 2.05) is 12.1 Å². The van der Waals surface area contributed by atoms with Crippen LogP contribution in [0.5, 0.6) is 0 Å². The van der Waals surface area contributed by atoms with Crippen molar-refractivity contribution in [1.29, 1.82) is 0 Å². The van der Waals surface area contributed by atoms with Gasteiger partial charge in [0, 0.05) is 32.7 Å². The molecule has 0 bridgehead atoms. The molecule has 0 radical (unpaired) electrons. The van der Waals surface area contributed by atoms with Gasteiger partial charge in [-0.3, -0.25) is 0 Å². The van der Waals surface area contributed by atoms with E-state index in [0.29, 0.717) is 22.2 Å². The number of nitrogens with one attached hydrogen (secondary N) is 1. The second-order valence-corrected chi connectivity index (χ2v) is 6.50. The van der Waals surface area contributed by atoms with Gasteiger partial charge in [-0.05, 0) is 42.3 Å². The first kappa shape index (κ1) is 16.8. The van der Waals surface area contributed by atoms with Gasteiger partial charge in [0.15, 0.2) is 0 Å². The van der Waals surface area contributed by atoms with Crippen molar-refractivity contribution in [2.24, 2.45) is 0 Å². The quantitative estimate of drug-likeness (QED) is 0.646. The van der Waals surface area contributed by atoms with Crippen molar-refractivity contribution in [3.63, 3.8) is 0 Å². The van der Waals surface area contributed by atoms with Gasteiger partial charge in [-0.2, -0.15) is 0 Å². The zero-order valence-corrected chi connectivity index (χ0v) is 14.6. The molecule has 1 atom stereocenters. The molecule has 21 heavy (non-hydrogen) atoms. The minimum Gasteiger partial charge on any atom is -0.306 e. The van der Waals surface area contributed by atoms with E-state index < -0.39 is 0 Å². The largest absolute Gasteiger partial charge is 0.306 e. The Balaban J connectivity index is 2.14. The highest BCUT2D eigenvalue weighted by Crippen LogP contribution is 2.28. The van der Waals surface area contributed by atoms with E-state index in [9.17, 15) is 4.39 Å². The Morgan fingerprint density at radius 3 is 2.62 bits per heavy atom. The maximum atomic E-state index is 13.8. The van der Waals surface area contributed by atoms with Crippen LogP contribution in [-0.4, -0.2) is 0 Å². The first-order valence-electron chi connectivity index (χ1n) is 6.63. The van der Waals surface area contributed by atoms with Crippen molar-refractivity contribution in [1.82, 2.24) is 5.32 Å². The zero-order valence-electron chi connectivity index (χ0n) is 11.5. The van der Waals surface area contributed by atoms with Gasteiger partial charge in [-0.1, -0.05) is 52.1 Å². The maximum Gasteiger partial charge on any atom is 0.127 e. The predicted octanol–water partition coefficient (Wildman–Crippen LogP) is 6.14. The van der Waals surface area contributed by atoms with Crippen LogP contribution in [0.2, 0.25) is 10.0 Å². The highest BCUT2D eigenvalue weighted by molar-refractivity contribution is 9.10. The van der Waals surface area contributed by atoms with Crippen LogP contribution < -0.4 is 5.32 Å². The number of halogens is 4. The van der Waals surface area contributed by atoms with Gasteiger partial charge < -0.3 is 5.32 Å². The average molecular weight is 391 g/mol. The number of hydrogen-bond acceptors (Lipinski definition) is 1. The first-order chi connectivity index (χ1) is 10.0. The summed E-state index contributed by atoms with van der Waals surface area (Å²) in [6, 6.07) is 10.4. The monoisotopic (exact) mass is 389 g/mol. The van der Waals surface area contributed by atoms with Gasteiger partial charge in [0.25, 0.3) is 0 Å². The van der Waals surface area contributed by atoms with Gasteiger partial charge in [0.2, 0.25) is 0 Å². The average Bonchev–Trinajstić information content (AvgIpc) is 2.44. The van der Waals surface area contributed by atoms with Gasteiger partial charge in [-0.15, -0.1) is 0 Å².